The number of carbonyl (C=O) groups is 1. The van der Waals surface area contributed by atoms with Crippen LogP contribution in [0.15, 0.2) is 28.2 Å². The molecule has 7 heteroatoms. The Hall–Kier alpha value is -1.50. The van der Waals surface area contributed by atoms with Crippen LogP contribution >= 0.6 is 15.9 Å². The van der Waals surface area contributed by atoms with Gasteiger partial charge in [0.15, 0.2) is 0 Å². The summed E-state index contributed by atoms with van der Waals surface area (Å²) >= 11 is 3.15. The Morgan fingerprint density at radius 3 is 2.61 bits per heavy atom. The van der Waals surface area contributed by atoms with Crippen molar-refractivity contribution >= 4 is 28.0 Å². The van der Waals surface area contributed by atoms with Crippen molar-refractivity contribution in [3.63, 3.8) is 0 Å². The molecule has 0 unspecified atom stereocenters. The van der Waals surface area contributed by atoms with Crippen molar-refractivity contribution < 1.29 is 27.8 Å². The van der Waals surface area contributed by atoms with E-state index in [1.807, 2.05) is 0 Å². The lowest BCUT2D eigenvalue weighted by molar-refractivity contribution is -0.187. The number of carboxylic acids is 1. The number of hydrogen-bond donors (Lipinski definition) is 1. The molecule has 1 heterocycles. The Kier molecular flexibility index (Phi) is 3.10. The van der Waals surface area contributed by atoms with E-state index in [-0.39, 0.29) is 5.75 Å². The van der Waals surface area contributed by atoms with Gasteiger partial charge in [-0.05, 0) is 24.3 Å². The van der Waals surface area contributed by atoms with Crippen LogP contribution in [0.2, 0.25) is 0 Å². The number of fused-ring (bicyclic) bond motifs is 1. The lowest BCUT2D eigenvalue weighted by atomic mass is 10.0. The van der Waals surface area contributed by atoms with Gasteiger partial charge in [-0.15, -0.1) is 0 Å². The van der Waals surface area contributed by atoms with E-state index in [1.165, 1.54) is 18.2 Å². The predicted octanol–water partition coefficient (Wildman–Crippen LogP) is 3.24. The minimum Gasteiger partial charge on any atom is -0.478 e. The Morgan fingerprint density at radius 1 is 1.39 bits per heavy atom. The van der Waals surface area contributed by atoms with Crippen molar-refractivity contribution in [2.45, 2.75) is 12.3 Å². The van der Waals surface area contributed by atoms with Crippen molar-refractivity contribution in [1.29, 1.82) is 0 Å². The largest absolute Gasteiger partial charge is 0.478 e. The summed E-state index contributed by atoms with van der Waals surface area (Å²) in [5.74, 6) is -1.64. The lowest BCUT2D eigenvalue weighted by Gasteiger charge is -2.27. The van der Waals surface area contributed by atoms with Crippen LogP contribution < -0.4 is 4.74 Å². The summed E-state index contributed by atoms with van der Waals surface area (Å²) in [6.45, 7) is 0. The Labute approximate surface area is 108 Å². The van der Waals surface area contributed by atoms with Gasteiger partial charge in [-0.3, -0.25) is 0 Å². The number of carboxylic acid groups (broad SMARTS) is 1. The highest BCUT2D eigenvalue weighted by Crippen LogP contribution is 2.38. The maximum absolute atomic E-state index is 12.7. The average Bonchev–Trinajstić information content (AvgIpc) is 2.25. The van der Waals surface area contributed by atoms with Crippen molar-refractivity contribution in [1.82, 2.24) is 0 Å². The van der Waals surface area contributed by atoms with Crippen molar-refractivity contribution in [2.24, 2.45) is 0 Å². The molecule has 0 aromatic heterocycles. The van der Waals surface area contributed by atoms with Crippen LogP contribution in [0.3, 0.4) is 0 Å². The van der Waals surface area contributed by atoms with Gasteiger partial charge in [0.05, 0.1) is 5.57 Å². The molecule has 0 aliphatic carbocycles. The molecule has 1 aliphatic heterocycles. The molecule has 0 spiro atoms. The molecule has 0 bridgehead atoms. The number of hydrogen-bond acceptors (Lipinski definition) is 2. The summed E-state index contributed by atoms with van der Waals surface area (Å²) in [6, 6.07) is 4.37. The van der Waals surface area contributed by atoms with Crippen LogP contribution in [0.25, 0.3) is 6.08 Å². The van der Waals surface area contributed by atoms with E-state index in [4.69, 9.17) is 9.84 Å². The fourth-order valence-electron chi connectivity index (χ4n) is 1.59. The van der Waals surface area contributed by atoms with Crippen LogP contribution in [-0.4, -0.2) is 23.4 Å². The van der Waals surface area contributed by atoms with E-state index in [0.717, 1.165) is 6.08 Å². The Bertz CT molecular complexity index is 537. The summed E-state index contributed by atoms with van der Waals surface area (Å²) < 4.78 is 43.4. The molecule has 1 aliphatic rings. The summed E-state index contributed by atoms with van der Waals surface area (Å²) in [7, 11) is 0. The molecule has 0 radical (unpaired) electrons. The van der Waals surface area contributed by atoms with E-state index >= 15 is 0 Å². The lowest BCUT2D eigenvalue weighted by Crippen LogP contribution is -2.40. The first-order chi connectivity index (χ1) is 8.29. The number of benzene rings is 1. The van der Waals surface area contributed by atoms with Gasteiger partial charge in [0.1, 0.15) is 5.75 Å². The van der Waals surface area contributed by atoms with Crippen molar-refractivity contribution in [3.8, 4) is 5.75 Å². The third-order valence-corrected chi connectivity index (χ3v) is 2.85. The van der Waals surface area contributed by atoms with E-state index in [0.29, 0.717) is 10.0 Å². The summed E-state index contributed by atoms with van der Waals surface area (Å²) in [6.07, 6.45) is -6.23. The molecule has 0 saturated carbocycles. The zero-order valence-corrected chi connectivity index (χ0v) is 10.2. The van der Waals surface area contributed by atoms with Gasteiger partial charge >= 0.3 is 12.1 Å². The smallest absolute Gasteiger partial charge is 0.430 e. The van der Waals surface area contributed by atoms with Gasteiger partial charge in [0, 0.05) is 10.0 Å². The van der Waals surface area contributed by atoms with Gasteiger partial charge < -0.3 is 9.84 Å². The fraction of sp³-hybridized carbons (Fsp3) is 0.182. The highest BCUT2D eigenvalue weighted by atomic mass is 79.9. The molecule has 0 amide bonds. The van der Waals surface area contributed by atoms with Crippen molar-refractivity contribution in [3.05, 3.63) is 33.8 Å². The minimum atomic E-state index is -4.77. The van der Waals surface area contributed by atoms with Crippen LogP contribution in [0, 0.1) is 0 Å². The van der Waals surface area contributed by atoms with Gasteiger partial charge in [0.2, 0.25) is 6.10 Å². The van der Waals surface area contributed by atoms with E-state index in [2.05, 4.69) is 15.9 Å². The Morgan fingerprint density at radius 2 is 2.06 bits per heavy atom. The normalized spacial score (nSPS) is 18.7. The number of aliphatic carboxylic acids is 1. The molecule has 0 saturated heterocycles. The second-order valence-corrected chi connectivity index (χ2v) is 4.54. The maximum atomic E-state index is 12.7. The molecular weight excluding hydrogens is 317 g/mol. The third-order valence-electron chi connectivity index (χ3n) is 2.35. The summed E-state index contributed by atoms with van der Waals surface area (Å²) in [5.41, 5.74) is -0.532. The quantitative estimate of drug-likeness (QED) is 0.863. The molecule has 18 heavy (non-hydrogen) atoms. The zero-order chi connectivity index (χ0) is 13.5. The zero-order valence-electron chi connectivity index (χ0n) is 8.66. The maximum Gasteiger partial charge on any atom is 0.430 e. The third kappa shape index (κ3) is 2.35. The van der Waals surface area contributed by atoms with E-state index < -0.39 is 23.8 Å². The average molecular weight is 323 g/mol. The van der Waals surface area contributed by atoms with Crippen LogP contribution in [0.1, 0.15) is 5.56 Å². The predicted molar refractivity (Wildman–Crippen MR) is 60.2 cm³/mol. The summed E-state index contributed by atoms with van der Waals surface area (Å²) in [5, 5.41) is 8.81. The van der Waals surface area contributed by atoms with Gasteiger partial charge in [0.25, 0.3) is 0 Å². The SMILES string of the molecule is O=C(O)C1=Cc2cc(Br)ccc2O[C@@H]1C(F)(F)F. The standard InChI is InChI=1S/C11H6BrF3O3/c12-6-1-2-8-5(3-6)4-7(10(16)17)9(18-8)11(13,14)15/h1-4,9H,(H,16,17)/t9-/m0/s1. The second kappa shape index (κ2) is 4.31. The molecule has 2 rings (SSSR count). The Balaban J connectivity index is 2.53. The highest BCUT2D eigenvalue weighted by Gasteiger charge is 2.48. The molecular formula is C11H6BrF3O3. The molecule has 1 aromatic carbocycles. The first kappa shape index (κ1) is 12.9. The molecule has 1 aromatic rings. The van der Waals surface area contributed by atoms with E-state index in [9.17, 15) is 18.0 Å². The van der Waals surface area contributed by atoms with Gasteiger partial charge in [-0.25, -0.2) is 4.79 Å². The molecule has 96 valence electrons. The van der Waals surface area contributed by atoms with Gasteiger partial charge in [-0.1, -0.05) is 15.9 Å². The molecule has 0 fully saturated rings. The first-order valence-electron chi connectivity index (χ1n) is 4.77. The number of alkyl halides is 3. The molecule has 3 nitrogen and oxygen atoms in total. The molecule has 1 N–H and O–H groups in total. The van der Waals surface area contributed by atoms with Crippen LogP contribution in [0.5, 0.6) is 5.75 Å². The fourth-order valence-corrected chi connectivity index (χ4v) is 1.97. The van der Waals surface area contributed by atoms with Crippen molar-refractivity contribution in [2.75, 3.05) is 0 Å². The number of ether oxygens (including phenoxy) is 1. The van der Waals surface area contributed by atoms with Gasteiger partial charge in [-0.2, -0.15) is 13.2 Å². The molecule has 1 atom stereocenters. The number of rotatable bonds is 1. The monoisotopic (exact) mass is 322 g/mol. The first-order valence-corrected chi connectivity index (χ1v) is 5.56. The summed E-state index contributed by atoms with van der Waals surface area (Å²) in [4.78, 5) is 10.8. The second-order valence-electron chi connectivity index (χ2n) is 3.63. The topological polar surface area (TPSA) is 46.5 Å². The minimum absolute atomic E-state index is 0.00512. The highest BCUT2D eigenvalue weighted by molar-refractivity contribution is 9.10. The van der Waals surface area contributed by atoms with Crippen LogP contribution in [-0.2, 0) is 4.79 Å². The number of halogens is 4. The van der Waals surface area contributed by atoms with E-state index in [1.54, 1.807) is 0 Å². The van der Waals surface area contributed by atoms with Crippen LogP contribution in [0.4, 0.5) is 13.2 Å².